The molecule has 5 nitrogen and oxygen atoms in total. The summed E-state index contributed by atoms with van der Waals surface area (Å²) in [7, 11) is 0. The average Bonchev–Trinajstić information content (AvgIpc) is 2.83. The summed E-state index contributed by atoms with van der Waals surface area (Å²) in [5.74, 6) is 0. The molecule has 0 bridgehead atoms. The SMILES string of the molecule is N=Cc1c(Nc2ccccc2)ccc([N+](=O)[O-])c1-c1cccc2c1ccc1ccccc12. The molecule has 5 aromatic carbocycles. The summed E-state index contributed by atoms with van der Waals surface area (Å²) in [5, 5.41) is 27.6. The average molecular weight is 417 g/mol. The van der Waals surface area contributed by atoms with E-state index >= 15 is 0 Å². The van der Waals surface area contributed by atoms with E-state index in [0.29, 0.717) is 16.8 Å². The van der Waals surface area contributed by atoms with Crippen molar-refractivity contribution in [3.05, 3.63) is 113 Å². The molecule has 0 aromatic heterocycles. The van der Waals surface area contributed by atoms with Gasteiger partial charge in [0.1, 0.15) is 0 Å². The van der Waals surface area contributed by atoms with Crippen LogP contribution in [0.1, 0.15) is 5.56 Å². The van der Waals surface area contributed by atoms with Crippen molar-refractivity contribution in [2.45, 2.75) is 0 Å². The van der Waals surface area contributed by atoms with Crippen molar-refractivity contribution in [1.29, 1.82) is 5.41 Å². The quantitative estimate of drug-likeness (QED) is 0.136. The summed E-state index contributed by atoms with van der Waals surface area (Å²) >= 11 is 0. The Morgan fingerprint density at radius 2 is 1.50 bits per heavy atom. The number of rotatable bonds is 5. The fourth-order valence-corrected chi connectivity index (χ4v) is 4.24. The van der Waals surface area contributed by atoms with Gasteiger partial charge in [0.2, 0.25) is 0 Å². The zero-order valence-corrected chi connectivity index (χ0v) is 17.1. The van der Waals surface area contributed by atoms with Gasteiger partial charge in [-0.15, -0.1) is 0 Å². The number of benzene rings is 5. The largest absolute Gasteiger partial charge is 0.355 e. The van der Waals surface area contributed by atoms with Crippen LogP contribution in [-0.2, 0) is 0 Å². The molecule has 154 valence electrons. The lowest BCUT2D eigenvalue weighted by Crippen LogP contribution is -2.02. The van der Waals surface area contributed by atoms with E-state index < -0.39 is 0 Å². The number of hydrogen-bond donors (Lipinski definition) is 2. The lowest BCUT2D eigenvalue weighted by molar-refractivity contribution is -0.384. The molecule has 0 amide bonds. The maximum absolute atomic E-state index is 12.0. The highest BCUT2D eigenvalue weighted by atomic mass is 16.6. The van der Waals surface area contributed by atoms with Gasteiger partial charge >= 0.3 is 0 Å². The van der Waals surface area contributed by atoms with Crippen LogP contribution < -0.4 is 5.32 Å². The van der Waals surface area contributed by atoms with Crippen LogP contribution in [0.5, 0.6) is 0 Å². The third kappa shape index (κ3) is 3.26. The van der Waals surface area contributed by atoms with Gasteiger partial charge in [-0.1, -0.05) is 72.8 Å². The van der Waals surface area contributed by atoms with Crippen LogP contribution in [0.4, 0.5) is 17.1 Å². The second kappa shape index (κ2) is 7.96. The zero-order valence-electron chi connectivity index (χ0n) is 17.1. The van der Waals surface area contributed by atoms with E-state index in [2.05, 4.69) is 17.4 Å². The second-order valence-corrected chi connectivity index (χ2v) is 7.50. The highest BCUT2D eigenvalue weighted by molar-refractivity contribution is 6.14. The molecular formula is C27H19N3O2. The van der Waals surface area contributed by atoms with E-state index in [4.69, 9.17) is 5.41 Å². The molecule has 32 heavy (non-hydrogen) atoms. The first-order valence-corrected chi connectivity index (χ1v) is 10.2. The first kappa shape index (κ1) is 19.5. The molecule has 5 heteroatoms. The van der Waals surface area contributed by atoms with Gasteiger partial charge in [-0.05, 0) is 45.3 Å². The number of para-hydroxylation sites is 1. The Morgan fingerprint density at radius 1 is 0.750 bits per heavy atom. The third-order valence-electron chi connectivity index (χ3n) is 5.67. The van der Waals surface area contributed by atoms with Crippen molar-refractivity contribution in [3.8, 4) is 11.1 Å². The van der Waals surface area contributed by atoms with Gasteiger partial charge in [0.15, 0.2) is 0 Å². The number of nitrogens with one attached hydrogen (secondary N) is 2. The van der Waals surface area contributed by atoms with E-state index in [1.165, 1.54) is 12.3 Å². The molecule has 0 aliphatic heterocycles. The minimum atomic E-state index is -0.380. The molecule has 0 aliphatic carbocycles. The molecule has 0 saturated carbocycles. The van der Waals surface area contributed by atoms with E-state index in [1.807, 2.05) is 72.8 Å². The molecule has 0 saturated heterocycles. The van der Waals surface area contributed by atoms with E-state index in [0.717, 1.165) is 32.8 Å². The van der Waals surface area contributed by atoms with Crippen LogP contribution >= 0.6 is 0 Å². The Labute approximate surface area is 184 Å². The molecular weight excluding hydrogens is 398 g/mol. The van der Waals surface area contributed by atoms with Crippen molar-refractivity contribution in [2.75, 3.05) is 5.32 Å². The predicted molar refractivity (Wildman–Crippen MR) is 131 cm³/mol. The molecule has 0 aliphatic rings. The minimum Gasteiger partial charge on any atom is -0.355 e. The summed E-state index contributed by atoms with van der Waals surface area (Å²) in [6.45, 7) is 0. The van der Waals surface area contributed by atoms with E-state index in [1.54, 1.807) is 6.07 Å². The standard InChI is InChI=1S/C27H19N3O2/c28-17-24-25(29-19-8-2-1-3-9-19)15-16-26(30(31)32)27(24)23-12-6-11-21-20-10-5-4-7-18(20)13-14-22(21)23/h1-17,28-29H. The molecule has 2 N–H and O–H groups in total. The number of hydrogen-bond acceptors (Lipinski definition) is 4. The maximum Gasteiger partial charge on any atom is 0.278 e. The Balaban J connectivity index is 1.81. The van der Waals surface area contributed by atoms with Crippen molar-refractivity contribution >= 4 is 44.8 Å². The fourth-order valence-electron chi connectivity index (χ4n) is 4.24. The molecule has 5 rings (SSSR count). The van der Waals surface area contributed by atoms with Crippen molar-refractivity contribution in [1.82, 2.24) is 0 Å². The highest BCUT2D eigenvalue weighted by Crippen LogP contribution is 2.41. The summed E-state index contributed by atoms with van der Waals surface area (Å²) in [6.07, 6.45) is 1.19. The van der Waals surface area contributed by atoms with Gasteiger partial charge in [-0.2, -0.15) is 0 Å². The molecule has 0 radical (unpaired) electrons. The lowest BCUT2D eigenvalue weighted by atomic mass is 9.90. The molecule has 0 atom stereocenters. The Hall–Kier alpha value is -4.51. The summed E-state index contributed by atoms with van der Waals surface area (Å²) in [6, 6.07) is 30.7. The van der Waals surface area contributed by atoms with Gasteiger partial charge in [0.05, 0.1) is 10.5 Å². The van der Waals surface area contributed by atoms with Gasteiger partial charge in [0.25, 0.3) is 5.69 Å². The molecule has 0 spiro atoms. The topological polar surface area (TPSA) is 79.0 Å². The van der Waals surface area contributed by atoms with Crippen LogP contribution in [0.3, 0.4) is 0 Å². The van der Waals surface area contributed by atoms with E-state index in [9.17, 15) is 10.1 Å². The van der Waals surface area contributed by atoms with Crippen LogP contribution in [0.25, 0.3) is 32.7 Å². The van der Waals surface area contributed by atoms with Crippen molar-refractivity contribution in [2.24, 2.45) is 0 Å². The Bertz CT molecular complexity index is 1490. The maximum atomic E-state index is 12.0. The van der Waals surface area contributed by atoms with Gasteiger partial charge in [0, 0.05) is 29.2 Å². The summed E-state index contributed by atoms with van der Waals surface area (Å²) in [5.41, 5.74) is 3.11. The lowest BCUT2D eigenvalue weighted by Gasteiger charge is -2.16. The summed E-state index contributed by atoms with van der Waals surface area (Å²) < 4.78 is 0. The number of nitrogens with zero attached hydrogens (tertiary/aromatic N) is 1. The molecule has 5 aromatic rings. The Morgan fingerprint density at radius 3 is 2.28 bits per heavy atom. The smallest absolute Gasteiger partial charge is 0.278 e. The van der Waals surface area contributed by atoms with E-state index in [-0.39, 0.29) is 10.6 Å². The predicted octanol–water partition coefficient (Wildman–Crippen LogP) is 7.31. The minimum absolute atomic E-state index is 0.0252. The molecule has 0 heterocycles. The Kier molecular flexibility index (Phi) is 4.84. The molecule has 0 fully saturated rings. The van der Waals surface area contributed by atoms with Crippen LogP contribution in [0, 0.1) is 15.5 Å². The second-order valence-electron chi connectivity index (χ2n) is 7.50. The number of nitro benzene ring substituents is 1. The van der Waals surface area contributed by atoms with Gasteiger partial charge < -0.3 is 10.7 Å². The number of anilines is 2. The fraction of sp³-hybridized carbons (Fsp3) is 0. The number of nitro groups is 1. The van der Waals surface area contributed by atoms with Crippen molar-refractivity contribution in [3.63, 3.8) is 0 Å². The normalized spacial score (nSPS) is 10.9. The van der Waals surface area contributed by atoms with Gasteiger partial charge in [-0.25, -0.2) is 0 Å². The van der Waals surface area contributed by atoms with Crippen molar-refractivity contribution < 1.29 is 4.92 Å². The summed E-state index contributed by atoms with van der Waals surface area (Å²) in [4.78, 5) is 11.6. The monoisotopic (exact) mass is 417 g/mol. The van der Waals surface area contributed by atoms with Crippen LogP contribution in [-0.4, -0.2) is 11.1 Å². The van der Waals surface area contributed by atoms with Gasteiger partial charge in [-0.3, -0.25) is 10.1 Å². The first-order valence-electron chi connectivity index (χ1n) is 10.2. The third-order valence-corrected chi connectivity index (χ3v) is 5.67. The molecule has 0 unspecified atom stereocenters. The van der Waals surface area contributed by atoms with Crippen LogP contribution in [0.2, 0.25) is 0 Å². The highest BCUT2D eigenvalue weighted by Gasteiger charge is 2.23. The van der Waals surface area contributed by atoms with Crippen LogP contribution in [0.15, 0.2) is 97.1 Å². The number of fused-ring (bicyclic) bond motifs is 3. The zero-order chi connectivity index (χ0) is 22.1. The first-order chi connectivity index (χ1) is 15.7.